The van der Waals surface area contributed by atoms with Crippen molar-refractivity contribution >= 4 is 14.2 Å². The van der Waals surface area contributed by atoms with Gasteiger partial charge in [-0.05, 0) is 39.7 Å². The van der Waals surface area contributed by atoms with Crippen LogP contribution in [-0.2, 0) is 6.42 Å². The minimum Gasteiger partial charge on any atom is -0.332 e. The van der Waals surface area contributed by atoms with Crippen LogP contribution in [0.4, 0.5) is 4.79 Å². The zero-order valence-corrected chi connectivity index (χ0v) is 10.2. The van der Waals surface area contributed by atoms with E-state index in [9.17, 15) is 4.79 Å². The lowest BCUT2D eigenvalue weighted by atomic mass is 9.94. The van der Waals surface area contributed by atoms with E-state index < -0.39 is 0 Å². The lowest BCUT2D eigenvalue weighted by Gasteiger charge is -2.35. The fourth-order valence-electron chi connectivity index (χ4n) is 2.19. The highest BCUT2D eigenvalue weighted by molar-refractivity contribution is 7.56. The van der Waals surface area contributed by atoms with Crippen molar-refractivity contribution in [2.24, 2.45) is 0 Å². The molecule has 0 aliphatic carbocycles. The van der Waals surface area contributed by atoms with Gasteiger partial charge in [0, 0.05) is 6.54 Å². The maximum Gasteiger partial charge on any atom is 0.240 e. The van der Waals surface area contributed by atoms with Crippen molar-refractivity contribution in [3.63, 3.8) is 0 Å². The molecule has 1 aromatic rings. The monoisotopic (exact) mass is 221 g/mol. The number of amides is 1. The Morgan fingerprint density at radius 3 is 2.93 bits per heavy atom. The third-order valence-electron chi connectivity index (χ3n) is 3.07. The molecule has 2 rings (SSSR count). The van der Waals surface area contributed by atoms with E-state index in [0.717, 1.165) is 13.0 Å². The zero-order chi connectivity index (χ0) is 10.8. The maximum absolute atomic E-state index is 11.7. The van der Waals surface area contributed by atoms with Gasteiger partial charge in [0.15, 0.2) is 0 Å². The van der Waals surface area contributed by atoms with Crippen LogP contribution >= 0.6 is 8.58 Å². The van der Waals surface area contributed by atoms with Crippen LogP contribution in [0.3, 0.4) is 0 Å². The van der Waals surface area contributed by atoms with Crippen LogP contribution < -0.4 is 0 Å². The molecule has 2 nitrogen and oxygen atoms in total. The Hall–Kier alpha value is -0.880. The third kappa shape index (κ3) is 1.91. The summed E-state index contributed by atoms with van der Waals surface area (Å²) in [4.78, 5) is 13.7. The Kier molecular flexibility index (Phi) is 3.06. The fourth-order valence-corrected chi connectivity index (χ4v) is 2.79. The van der Waals surface area contributed by atoms with Gasteiger partial charge >= 0.3 is 0 Å². The number of rotatable bonds is 1. The molecule has 0 aromatic heterocycles. The summed E-state index contributed by atoms with van der Waals surface area (Å²) in [7, 11) is 0.373. The molecule has 0 saturated carbocycles. The lowest BCUT2D eigenvalue weighted by Crippen LogP contribution is -2.36. The first-order chi connectivity index (χ1) is 7.24. The molecule has 0 N–H and O–H groups in total. The summed E-state index contributed by atoms with van der Waals surface area (Å²) < 4.78 is 0. The standard InChI is InChI=1S/C12H16NOP/c1-9-11-6-4-3-5-10(11)7-8-13(9)12(14)15-2/h3-6,9,15H,7-8H2,1-2H3. The second-order valence-corrected chi connectivity index (χ2v) is 4.80. The number of carbonyl (C=O) groups excluding carboxylic acids is 1. The van der Waals surface area contributed by atoms with Crippen molar-refractivity contribution in [3.05, 3.63) is 35.4 Å². The molecule has 1 heterocycles. The highest BCUT2D eigenvalue weighted by Gasteiger charge is 2.25. The molecule has 0 fully saturated rings. The molecule has 0 saturated heterocycles. The first kappa shape index (κ1) is 10.6. The van der Waals surface area contributed by atoms with Crippen molar-refractivity contribution in [1.29, 1.82) is 0 Å². The van der Waals surface area contributed by atoms with Crippen LogP contribution in [0.2, 0.25) is 0 Å². The summed E-state index contributed by atoms with van der Waals surface area (Å²) in [6.45, 7) is 4.95. The smallest absolute Gasteiger partial charge is 0.240 e. The molecule has 15 heavy (non-hydrogen) atoms. The van der Waals surface area contributed by atoms with Gasteiger partial charge in [0.1, 0.15) is 0 Å². The molecule has 3 heteroatoms. The molecule has 1 amide bonds. The Morgan fingerprint density at radius 1 is 1.47 bits per heavy atom. The highest BCUT2D eigenvalue weighted by Crippen LogP contribution is 2.31. The van der Waals surface area contributed by atoms with Gasteiger partial charge in [-0.3, -0.25) is 4.79 Å². The topological polar surface area (TPSA) is 20.3 Å². The van der Waals surface area contributed by atoms with Gasteiger partial charge in [0.2, 0.25) is 5.65 Å². The van der Waals surface area contributed by atoms with Gasteiger partial charge in [0.25, 0.3) is 0 Å². The van der Waals surface area contributed by atoms with Crippen molar-refractivity contribution in [1.82, 2.24) is 4.90 Å². The van der Waals surface area contributed by atoms with E-state index in [-0.39, 0.29) is 11.7 Å². The van der Waals surface area contributed by atoms with E-state index in [4.69, 9.17) is 0 Å². The van der Waals surface area contributed by atoms with Crippen LogP contribution in [0.1, 0.15) is 24.1 Å². The normalized spacial score (nSPS) is 20.7. The second kappa shape index (κ2) is 4.32. The molecule has 2 atom stereocenters. The number of fused-ring (bicyclic) bond motifs is 1. The Balaban J connectivity index is 2.29. The number of hydrogen-bond donors (Lipinski definition) is 0. The van der Waals surface area contributed by atoms with E-state index in [1.165, 1.54) is 11.1 Å². The van der Waals surface area contributed by atoms with E-state index in [1.807, 2.05) is 11.6 Å². The predicted octanol–water partition coefficient (Wildman–Crippen LogP) is 3.03. The predicted molar refractivity (Wildman–Crippen MR) is 64.9 cm³/mol. The zero-order valence-electron chi connectivity index (χ0n) is 9.16. The molecule has 1 aliphatic heterocycles. The van der Waals surface area contributed by atoms with Crippen molar-refractivity contribution in [2.75, 3.05) is 13.2 Å². The van der Waals surface area contributed by atoms with Crippen LogP contribution in [0.15, 0.2) is 24.3 Å². The van der Waals surface area contributed by atoms with Gasteiger partial charge in [-0.25, -0.2) is 0 Å². The summed E-state index contributed by atoms with van der Waals surface area (Å²) in [5.74, 6) is 0. The largest absolute Gasteiger partial charge is 0.332 e. The Bertz CT molecular complexity index is 378. The molecule has 1 aliphatic rings. The van der Waals surface area contributed by atoms with Crippen LogP contribution in [0.25, 0.3) is 0 Å². The van der Waals surface area contributed by atoms with E-state index in [1.54, 1.807) is 0 Å². The van der Waals surface area contributed by atoms with Crippen molar-refractivity contribution < 1.29 is 4.79 Å². The van der Waals surface area contributed by atoms with E-state index >= 15 is 0 Å². The van der Waals surface area contributed by atoms with Gasteiger partial charge in [-0.1, -0.05) is 24.3 Å². The summed E-state index contributed by atoms with van der Waals surface area (Å²) in [6.07, 6.45) is 0.997. The Morgan fingerprint density at radius 2 is 2.20 bits per heavy atom. The van der Waals surface area contributed by atoms with Crippen LogP contribution in [0, 0.1) is 0 Å². The van der Waals surface area contributed by atoms with Gasteiger partial charge in [-0.2, -0.15) is 0 Å². The SMILES string of the molecule is CPC(=O)N1CCc2ccccc2C1C. The van der Waals surface area contributed by atoms with Gasteiger partial charge in [-0.15, -0.1) is 0 Å². The van der Waals surface area contributed by atoms with Crippen LogP contribution in [0.5, 0.6) is 0 Å². The molecule has 0 bridgehead atoms. The second-order valence-electron chi connectivity index (χ2n) is 3.87. The van der Waals surface area contributed by atoms with Crippen molar-refractivity contribution in [2.45, 2.75) is 19.4 Å². The highest BCUT2D eigenvalue weighted by atomic mass is 31.1. The van der Waals surface area contributed by atoms with Crippen LogP contribution in [-0.4, -0.2) is 23.8 Å². The average Bonchev–Trinajstić information content (AvgIpc) is 2.29. The summed E-state index contributed by atoms with van der Waals surface area (Å²) >= 11 is 0. The average molecular weight is 221 g/mol. The summed E-state index contributed by atoms with van der Waals surface area (Å²) in [6, 6.07) is 8.68. The maximum atomic E-state index is 11.7. The van der Waals surface area contributed by atoms with Gasteiger partial charge in [0.05, 0.1) is 6.04 Å². The van der Waals surface area contributed by atoms with E-state index in [2.05, 4.69) is 31.2 Å². The quantitative estimate of drug-likeness (QED) is 0.667. The number of carbonyl (C=O) groups is 1. The molecule has 2 unspecified atom stereocenters. The minimum absolute atomic E-state index is 0.245. The molecule has 0 spiro atoms. The molecule has 1 aromatic carbocycles. The number of nitrogens with zero attached hydrogens (tertiary/aromatic N) is 1. The Labute approximate surface area is 92.5 Å². The first-order valence-corrected chi connectivity index (χ1v) is 6.80. The van der Waals surface area contributed by atoms with E-state index in [0.29, 0.717) is 8.58 Å². The summed E-state index contributed by atoms with van der Waals surface area (Å²) in [5.41, 5.74) is 3.00. The number of benzene rings is 1. The molecule has 80 valence electrons. The summed E-state index contributed by atoms with van der Waals surface area (Å²) in [5, 5.41) is 0. The minimum atomic E-state index is 0.245. The molecular formula is C12H16NOP. The third-order valence-corrected chi connectivity index (χ3v) is 3.78. The molecular weight excluding hydrogens is 205 g/mol. The lowest BCUT2D eigenvalue weighted by molar-refractivity contribution is 0.199. The van der Waals surface area contributed by atoms with Crippen molar-refractivity contribution in [3.8, 4) is 0 Å². The van der Waals surface area contributed by atoms with Gasteiger partial charge < -0.3 is 4.90 Å². The fraction of sp³-hybridized carbons (Fsp3) is 0.417. The first-order valence-electron chi connectivity index (χ1n) is 5.30. The molecule has 0 radical (unpaired) electrons. The number of hydrogen-bond acceptors (Lipinski definition) is 1.